The second-order valence-electron chi connectivity index (χ2n) is 7.17. The minimum atomic E-state index is -0.490. The van der Waals surface area contributed by atoms with E-state index in [2.05, 4.69) is 27.7 Å². The molecule has 0 aromatic heterocycles. The van der Waals surface area contributed by atoms with E-state index in [4.69, 9.17) is 4.74 Å². The van der Waals surface area contributed by atoms with E-state index >= 15 is 0 Å². The van der Waals surface area contributed by atoms with Crippen LogP contribution in [0.1, 0.15) is 61.3 Å². The summed E-state index contributed by atoms with van der Waals surface area (Å²) in [6.07, 6.45) is 0.386. The van der Waals surface area contributed by atoms with Crippen LogP contribution in [0.2, 0.25) is 0 Å². The van der Waals surface area contributed by atoms with Crippen molar-refractivity contribution in [3.05, 3.63) is 0 Å². The SMILES string of the molecule is CC(C)CN(CC(C)C)C(=O)CCC(=O)OC(C)(C)C. The van der Waals surface area contributed by atoms with Gasteiger partial charge in [-0.15, -0.1) is 0 Å². The molecule has 0 saturated carbocycles. The minimum absolute atomic E-state index is 0.0401. The van der Waals surface area contributed by atoms with Crippen LogP contribution in [0.25, 0.3) is 0 Å². The Bertz CT molecular complexity index is 306. The average Bonchev–Trinajstić information content (AvgIpc) is 2.21. The molecular weight excluding hydrogens is 254 g/mol. The smallest absolute Gasteiger partial charge is 0.306 e. The predicted molar refractivity (Wildman–Crippen MR) is 81.3 cm³/mol. The van der Waals surface area contributed by atoms with Crippen LogP contribution >= 0.6 is 0 Å². The number of amides is 1. The number of carbonyl (C=O) groups excluding carboxylic acids is 2. The number of carbonyl (C=O) groups is 2. The molecule has 118 valence electrons. The second-order valence-corrected chi connectivity index (χ2v) is 7.17. The Kier molecular flexibility index (Phi) is 7.84. The van der Waals surface area contributed by atoms with E-state index in [1.807, 2.05) is 25.7 Å². The highest BCUT2D eigenvalue weighted by Gasteiger charge is 2.20. The lowest BCUT2D eigenvalue weighted by Gasteiger charge is -2.26. The Hall–Kier alpha value is -1.06. The van der Waals surface area contributed by atoms with E-state index in [1.165, 1.54) is 0 Å². The van der Waals surface area contributed by atoms with Gasteiger partial charge < -0.3 is 9.64 Å². The van der Waals surface area contributed by atoms with Crippen LogP contribution in [-0.4, -0.2) is 35.5 Å². The predicted octanol–water partition coefficient (Wildman–Crippen LogP) is 3.25. The summed E-state index contributed by atoms with van der Waals surface area (Å²) in [5, 5.41) is 0. The maximum atomic E-state index is 12.2. The summed E-state index contributed by atoms with van der Waals surface area (Å²) in [6, 6.07) is 0. The van der Waals surface area contributed by atoms with Gasteiger partial charge in [0.2, 0.25) is 5.91 Å². The van der Waals surface area contributed by atoms with Crippen LogP contribution in [-0.2, 0) is 14.3 Å². The summed E-state index contributed by atoms with van der Waals surface area (Å²) in [5.74, 6) is 0.594. The van der Waals surface area contributed by atoms with Crippen LogP contribution in [0.4, 0.5) is 0 Å². The molecule has 0 aliphatic heterocycles. The van der Waals surface area contributed by atoms with Gasteiger partial charge in [-0.2, -0.15) is 0 Å². The first-order valence-corrected chi connectivity index (χ1v) is 7.51. The quantitative estimate of drug-likeness (QED) is 0.675. The molecule has 0 atom stereocenters. The van der Waals surface area contributed by atoms with E-state index in [9.17, 15) is 9.59 Å². The molecule has 4 heteroatoms. The molecule has 20 heavy (non-hydrogen) atoms. The first-order valence-electron chi connectivity index (χ1n) is 7.51. The monoisotopic (exact) mass is 285 g/mol. The molecule has 0 unspecified atom stereocenters. The Morgan fingerprint density at radius 2 is 1.40 bits per heavy atom. The van der Waals surface area contributed by atoms with Crippen molar-refractivity contribution in [2.24, 2.45) is 11.8 Å². The van der Waals surface area contributed by atoms with Gasteiger partial charge in [0.25, 0.3) is 0 Å². The molecule has 0 saturated heterocycles. The van der Waals surface area contributed by atoms with Crippen LogP contribution in [0.3, 0.4) is 0 Å². The van der Waals surface area contributed by atoms with Crippen molar-refractivity contribution < 1.29 is 14.3 Å². The zero-order valence-electron chi connectivity index (χ0n) is 14.2. The second kappa shape index (κ2) is 8.28. The van der Waals surface area contributed by atoms with Crippen molar-refractivity contribution in [3.63, 3.8) is 0 Å². The van der Waals surface area contributed by atoms with Crippen molar-refractivity contribution >= 4 is 11.9 Å². The Morgan fingerprint density at radius 3 is 1.75 bits per heavy atom. The number of hydrogen-bond acceptors (Lipinski definition) is 3. The fraction of sp³-hybridized carbons (Fsp3) is 0.875. The molecule has 0 heterocycles. The number of hydrogen-bond donors (Lipinski definition) is 0. The molecule has 1 amide bonds. The number of ether oxygens (including phenoxy) is 1. The highest BCUT2D eigenvalue weighted by Crippen LogP contribution is 2.11. The van der Waals surface area contributed by atoms with E-state index in [0.29, 0.717) is 11.8 Å². The van der Waals surface area contributed by atoms with Crippen molar-refractivity contribution in [2.75, 3.05) is 13.1 Å². The van der Waals surface area contributed by atoms with Gasteiger partial charge in [-0.25, -0.2) is 0 Å². The minimum Gasteiger partial charge on any atom is -0.460 e. The highest BCUT2D eigenvalue weighted by molar-refractivity contribution is 5.81. The fourth-order valence-corrected chi connectivity index (χ4v) is 1.92. The molecule has 0 spiro atoms. The fourth-order valence-electron chi connectivity index (χ4n) is 1.92. The lowest BCUT2D eigenvalue weighted by Crippen LogP contribution is -2.37. The van der Waals surface area contributed by atoms with Gasteiger partial charge in [0.1, 0.15) is 5.60 Å². The summed E-state index contributed by atoms with van der Waals surface area (Å²) in [7, 11) is 0. The lowest BCUT2D eigenvalue weighted by molar-refractivity contribution is -0.156. The average molecular weight is 285 g/mol. The molecule has 0 aromatic rings. The Labute approximate surface area is 123 Å². The van der Waals surface area contributed by atoms with Gasteiger partial charge in [0.15, 0.2) is 0 Å². The summed E-state index contributed by atoms with van der Waals surface area (Å²) in [5.41, 5.74) is -0.490. The van der Waals surface area contributed by atoms with Crippen LogP contribution in [0.5, 0.6) is 0 Å². The third-order valence-electron chi connectivity index (χ3n) is 2.49. The molecular formula is C16H31NO3. The van der Waals surface area contributed by atoms with Crippen molar-refractivity contribution in [2.45, 2.75) is 66.9 Å². The van der Waals surface area contributed by atoms with Crippen LogP contribution in [0, 0.1) is 11.8 Å². The summed E-state index contributed by atoms with van der Waals surface area (Å²) in [6.45, 7) is 15.3. The van der Waals surface area contributed by atoms with Gasteiger partial charge in [-0.3, -0.25) is 9.59 Å². The van der Waals surface area contributed by atoms with E-state index in [1.54, 1.807) is 0 Å². The standard InChI is InChI=1S/C16H31NO3/c1-12(2)10-17(11-13(3)4)14(18)8-9-15(19)20-16(5,6)7/h12-13H,8-11H2,1-7H3. The van der Waals surface area contributed by atoms with Crippen LogP contribution < -0.4 is 0 Å². The summed E-state index contributed by atoms with van der Waals surface area (Å²) in [4.78, 5) is 25.7. The molecule has 0 fully saturated rings. The Balaban J connectivity index is 4.35. The first kappa shape index (κ1) is 18.9. The Morgan fingerprint density at radius 1 is 0.950 bits per heavy atom. The topological polar surface area (TPSA) is 46.6 Å². The molecule has 4 nitrogen and oxygen atoms in total. The van der Waals surface area contributed by atoms with Crippen molar-refractivity contribution in [1.29, 1.82) is 0 Å². The molecule has 0 aliphatic rings. The molecule has 0 rings (SSSR count). The number of esters is 1. The molecule has 0 bridgehead atoms. The summed E-state index contributed by atoms with van der Waals surface area (Å²) < 4.78 is 5.22. The molecule has 0 aliphatic carbocycles. The van der Waals surface area contributed by atoms with Crippen molar-refractivity contribution in [1.82, 2.24) is 4.90 Å². The zero-order chi connectivity index (χ0) is 15.9. The molecule has 0 radical (unpaired) electrons. The highest BCUT2D eigenvalue weighted by atomic mass is 16.6. The van der Waals surface area contributed by atoms with E-state index in [0.717, 1.165) is 13.1 Å². The van der Waals surface area contributed by atoms with Gasteiger partial charge >= 0.3 is 5.97 Å². The van der Waals surface area contributed by atoms with E-state index < -0.39 is 5.60 Å². The van der Waals surface area contributed by atoms with E-state index in [-0.39, 0.29) is 24.7 Å². The first-order chi connectivity index (χ1) is 9.01. The normalized spacial score (nSPS) is 11.8. The number of rotatable bonds is 7. The summed E-state index contributed by atoms with van der Waals surface area (Å²) >= 11 is 0. The third-order valence-corrected chi connectivity index (χ3v) is 2.49. The molecule has 0 N–H and O–H groups in total. The zero-order valence-corrected chi connectivity index (χ0v) is 14.2. The third kappa shape index (κ3) is 9.82. The van der Waals surface area contributed by atoms with Crippen molar-refractivity contribution in [3.8, 4) is 0 Å². The molecule has 0 aromatic carbocycles. The van der Waals surface area contributed by atoms with Gasteiger partial charge in [0, 0.05) is 19.5 Å². The van der Waals surface area contributed by atoms with Gasteiger partial charge in [0.05, 0.1) is 6.42 Å². The van der Waals surface area contributed by atoms with Gasteiger partial charge in [-0.05, 0) is 32.6 Å². The maximum absolute atomic E-state index is 12.2. The number of nitrogens with zero attached hydrogens (tertiary/aromatic N) is 1. The lowest BCUT2D eigenvalue weighted by atomic mass is 10.1. The van der Waals surface area contributed by atoms with Crippen LogP contribution in [0.15, 0.2) is 0 Å². The maximum Gasteiger partial charge on any atom is 0.306 e. The van der Waals surface area contributed by atoms with Gasteiger partial charge in [-0.1, -0.05) is 27.7 Å². The largest absolute Gasteiger partial charge is 0.460 e.